The number of carbonyl (C=O) groups excluding carboxylic acids is 1. The maximum atomic E-state index is 12.6. The Bertz CT molecular complexity index is 679. The fraction of sp³-hybridized carbons (Fsp3) is 0.625. The molecule has 3 heterocycles. The van der Waals surface area contributed by atoms with Gasteiger partial charge in [-0.05, 0) is 26.2 Å². The van der Waals surface area contributed by atoms with E-state index in [1.807, 2.05) is 31.2 Å². The third kappa shape index (κ3) is 3.44. The van der Waals surface area contributed by atoms with Gasteiger partial charge in [-0.3, -0.25) is 4.79 Å². The second kappa shape index (κ2) is 6.78. The molecule has 1 aliphatic rings. The van der Waals surface area contributed by atoms with E-state index in [0.29, 0.717) is 18.1 Å². The van der Waals surface area contributed by atoms with Crippen molar-refractivity contribution >= 4 is 17.2 Å². The first-order valence-corrected chi connectivity index (χ1v) is 8.96. The summed E-state index contributed by atoms with van der Waals surface area (Å²) in [6.45, 7) is 6.82. The fourth-order valence-corrected chi connectivity index (χ4v) is 3.65. The summed E-state index contributed by atoms with van der Waals surface area (Å²) in [5.74, 6) is 1.67. The van der Waals surface area contributed by atoms with Gasteiger partial charge in [0.2, 0.25) is 11.8 Å². The van der Waals surface area contributed by atoms with Crippen LogP contribution in [0.1, 0.15) is 67.4 Å². The smallest absolute Gasteiger partial charge is 0.249 e. The first kappa shape index (κ1) is 16.1. The van der Waals surface area contributed by atoms with Crippen LogP contribution in [0.4, 0.5) is 0 Å². The van der Waals surface area contributed by atoms with E-state index in [2.05, 4.69) is 15.1 Å². The molecular formula is C16H22N4O2S. The van der Waals surface area contributed by atoms with Crippen LogP contribution in [-0.4, -0.2) is 32.5 Å². The molecule has 6 nitrogen and oxygen atoms in total. The van der Waals surface area contributed by atoms with E-state index in [1.54, 1.807) is 11.3 Å². The topological polar surface area (TPSA) is 72.1 Å². The van der Waals surface area contributed by atoms with Crippen molar-refractivity contribution < 1.29 is 9.32 Å². The Morgan fingerprint density at radius 1 is 1.52 bits per heavy atom. The average molecular weight is 334 g/mol. The number of rotatable bonds is 5. The van der Waals surface area contributed by atoms with Crippen molar-refractivity contribution in [3.63, 3.8) is 0 Å². The summed E-state index contributed by atoms with van der Waals surface area (Å²) in [6, 6.07) is -0.0648. The highest BCUT2D eigenvalue weighted by Crippen LogP contribution is 2.32. The zero-order valence-electron chi connectivity index (χ0n) is 13.8. The molecule has 23 heavy (non-hydrogen) atoms. The highest BCUT2D eigenvalue weighted by atomic mass is 32.1. The molecular weight excluding hydrogens is 312 g/mol. The molecule has 1 amide bonds. The van der Waals surface area contributed by atoms with Crippen molar-refractivity contribution in [3.8, 4) is 0 Å². The first-order chi connectivity index (χ1) is 11.1. The molecule has 0 aliphatic carbocycles. The average Bonchev–Trinajstić information content (AvgIpc) is 3.24. The molecule has 1 atom stereocenters. The summed E-state index contributed by atoms with van der Waals surface area (Å²) in [5, 5.41) is 4.02. The lowest BCUT2D eigenvalue weighted by molar-refractivity contribution is -0.132. The SMILES string of the molecule is Cc1ncsc1CCC(=O)N1CCCC1c1nc(C(C)C)no1. The summed E-state index contributed by atoms with van der Waals surface area (Å²) < 4.78 is 5.40. The van der Waals surface area contributed by atoms with Crippen molar-refractivity contribution in [1.29, 1.82) is 0 Å². The molecule has 3 rings (SSSR count). The van der Waals surface area contributed by atoms with Crippen LogP contribution in [0.3, 0.4) is 0 Å². The van der Waals surface area contributed by atoms with Crippen LogP contribution in [0.2, 0.25) is 0 Å². The molecule has 1 saturated heterocycles. The molecule has 1 unspecified atom stereocenters. The molecule has 0 N–H and O–H groups in total. The normalized spacial score (nSPS) is 18.1. The third-order valence-corrected chi connectivity index (χ3v) is 5.24. The van der Waals surface area contributed by atoms with Gasteiger partial charge in [-0.2, -0.15) is 4.98 Å². The van der Waals surface area contributed by atoms with Crippen LogP contribution >= 0.6 is 11.3 Å². The number of hydrogen-bond acceptors (Lipinski definition) is 6. The van der Waals surface area contributed by atoms with E-state index < -0.39 is 0 Å². The van der Waals surface area contributed by atoms with Gasteiger partial charge in [0.1, 0.15) is 6.04 Å². The van der Waals surface area contributed by atoms with Gasteiger partial charge in [0, 0.05) is 23.8 Å². The summed E-state index contributed by atoms with van der Waals surface area (Å²) >= 11 is 1.62. The van der Waals surface area contributed by atoms with E-state index in [4.69, 9.17) is 4.52 Å². The number of carbonyl (C=O) groups is 1. The van der Waals surface area contributed by atoms with Gasteiger partial charge < -0.3 is 9.42 Å². The highest BCUT2D eigenvalue weighted by Gasteiger charge is 2.33. The lowest BCUT2D eigenvalue weighted by Gasteiger charge is -2.21. The molecule has 2 aromatic heterocycles. The van der Waals surface area contributed by atoms with E-state index in [0.717, 1.165) is 31.5 Å². The van der Waals surface area contributed by atoms with Crippen molar-refractivity contribution in [1.82, 2.24) is 20.0 Å². The number of nitrogens with zero attached hydrogens (tertiary/aromatic N) is 4. The van der Waals surface area contributed by atoms with Gasteiger partial charge in [-0.25, -0.2) is 4.98 Å². The maximum absolute atomic E-state index is 12.6. The van der Waals surface area contributed by atoms with Gasteiger partial charge in [0.25, 0.3) is 0 Å². The zero-order valence-corrected chi connectivity index (χ0v) is 14.6. The van der Waals surface area contributed by atoms with Crippen molar-refractivity contribution in [2.24, 2.45) is 0 Å². The van der Waals surface area contributed by atoms with Crippen LogP contribution in [-0.2, 0) is 11.2 Å². The standard InChI is InChI=1S/C16H22N4O2S/c1-10(2)15-18-16(22-19-15)12-5-4-8-20(12)14(21)7-6-13-11(3)17-9-23-13/h9-10,12H,4-8H2,1-3H3. The van der Waals surface area contributed by atoms with E-state index in [9.17, 15) is 4.79 Å². The number of aryl methyl sites for hydroxylation is 2. The molecule has 0 bridgehead atoms. The van der Waals surface area contributed by atoms with Gasteiger partial charge >= 0.3 is 0 Å². The molecule has 0 spiro atoms. The highest BCUT2D eigenvalue weighted by molar-refractivity contribution is 7.09. The maximum Gasteiger partial charge on any atom is 0.249 e. The van der Waals surface area contributed by atoms with Gasteiger partial charge in [0.15, 0.2) is 5.82 Å². The Kier molecular flexibility index (Phi) is 4.75. The molecule has 7 heteroatoms. The van der Waals surface area contributed by atoms with E-state index in [1.165, 1.54) is 4.88 Å². The van der Waals surface area contributed by atoms with E-state index >= 15 is 0 Å². The van der Waals surface area contributed by atoms with Crippen molar-refractivity contribution in [2.75, 3.05) is 6.54 Å². The first-order valence-electron chi connectivity index (χ1n) is 8.08. The Morgan fingerprint density at radius 2 is 2.35 bits per heavy atom. The molecule has 1 aliphatic heterocycles. The summed E-state index contributed by atoms with van der Waals surface area (Å²) in [4.78, 5) is 24.4. The van der Waals surface area contributed by atoms with Gasteiger partial charge in [-0.1, -0.05) is 19.0 Å². The number of hydrogen-bond donors (Lipinski definition) is 0. The molecule has 1 fully saturated rings. The minimum absolute atomic E-state index is 0.0648. The lowest BCUT2D eigenvalue weighted by Crippen LogP contribution is -2.30. The van der Waals surface area contributed by atoms with Crippen LogP contribution in [0.25, 0.3) is 0 Å². The third-order valence-electron chi connectivity index (χ3n) is 4.24. The predicted octanol–water partition coefficient (Wildman–Crippen LogP) is 3.25. The van der Waals surface area contributed by atoms with Crippen molar-refractivity contribution in [2.45, 2.75) is 58.4 Å². The zero-order chi connectivity index (χ0) is 16.4. The Balaban J connectivity index is 1.65. The largest absolute Gasteiger partial charge is 0.337 e. The summed E-state index contributed by atoms with van der Waals surface area (Å²) in [6.07, 6.45) is 3.13. The van der Waals surface area contributed by atoms with Crippen molar-refractivity contribution in [3.05, 3.63) is 27.8 Å². The number of thiazole rings is 1. The Hall–Kier alpha value is -1.76. The monoisotopic (exact) mass is 334 g/mol. The minimum Gasteiger partial charge on any atom is -0.337 e. The van der Waals surface area contributed by atoms with Crippen LogP contribution in [0.5, 0.6) is 0 Å². The molecule has 0 aromatic carbocycles. The Labute approximate surface area is 139 Å². The summed E-state index contributed by atoms with van der Waals surface area (Å²) in [5.41, 5.74) is 2.86. The molecule has 2 aromatic rings. The van der Waals surface area contributed by atoms with Crippen LogP contribution in [0.15, 0.2) is 10.0 Å². The van der Waals surface area contributed by atoms with Gasteiger partial charge in [0.05, 0.1) is 11.2 Å². The second-order valence-corrected chi connectivity index (χ2v) is 7.19. The molecule has 0 saturated carbocycles. The lowest BCUT2D eigenvalue weighted by atomic mass is 10.2. The molecule has 124 valence electrons. The van der Waals surface area contributed by atoms with Crippen LogP contribution in [0, 0.1) is 6.92 Å². The quantitative estimate of drug-likeness (QED) is 0.839. The van der Waals surface area contributed by atoms with Crippen LogP contribution < -0.4 is 0 Å². The predicted molar refractivity (Wildman–Crippen MR) is 87.2 cm³/mol. The fourth-order valence-electron chi connectivity index (χ4n) is 2.87. The number of aromatic nitrogens is 3. The molecule has 0 radical (unpaired) electrons. The second-order valence-electron chi connectivity index (χ2n) is 6.25. The summed E-state index contributed by atoms with van der Waals surface area (Å²) in [7, 11) is 0. The Morgan fingerprint density at radius 3 is 3.00 bits per heavy atom. The number of amides is 1. The minimum atomic E-state index is -0.0648. The number of likely N-dealkylation sites (tertiary alicyclic amines) is 1. The van der Waals surface area contributed by atoms with E-state index in [-0.39, 0.29) is 17.9 Å². The van der Waals surface area contributed by atoms with Gasteiger partial charge in [-0.15, -0.1) is 11.3 Å².